The molecule has 0 spiro atoms. The molecule has 0 aromatic heterocycles. The number of nitrogens with zero attached hydrogens (tertiary/aromatic N) is 1. The Labute approximate surface area is 173 Å². The van der Waals surface area contributed by atoms with Crippen molar-refractivity contribution in [3.05, 3.63) is 35.9 Å². The summed E-state index contributed by atoms with van der Waals surface area (Å²) >= 11 is 0. The first kappa shape index (κ1) is 23.6. The standard InChI is InChI=1S/C20H31NO7S/c1-19(2,3)28-18(22)21(12-15-10-8-7-9-11-15)13-16-17(14-25-29(6,23)24)27-20(4,5)26-16/h7-11,16-17H,12-14H2,1-6H3/t16-,17+/m0/s1. The lowest BCUT2D eigenvalue weighted by atomic mass is 10.1. The Morgan fingerprint density at radius 1 is 1.14 bits per heavy atom. The Morgan fingerprint density at radius 3 is 2.28 bits per heavy atom. The number of rotatable bonds is 7. The van der Waals surface area contributed by atoms with Crippen LogP contribution in [0, 0.1) is 0 Å². The summed E-state index contributed by atoms with van der Waals surface area (Å²) in [6.07, 6.45) is -0.744. The maximum Gasteiger partial charge on any atom is 0.410 e. The van der Waals surface area contributed by atoms with Gasteiger partial charge in [0.15, 0.2) is 5.79 Å². The van der Waals surface area contributed by atoms with Gasteiger partial charge in [0.05, 0.1) is 19.4 Å². The number of carbonyl (C=O) groups excluding carboxylic acids is 1. The molecule has 0 N–H and O–H groups in total. The third-order valence-electron chi connectivity index (χ3n) is 4.00. The zero-order chi connectivity index (χ0) is 21.9. The van der Waals surface area contributed by atoms with Crippen molar-refractivity contribution >= 4 is 16.2 Å². The van der Waals surface area contributed by atoms with Gasteiger partial charge in [-0.05, 0) is 40.2 Å². The lowest BCUT2D eigenvalue weighted by Crippen LogP contribution is -2.44. The van der Waals surface area contributed by atoms with Crippen molar-refractivity contribution in [1.29, 1.82) is 0 Å². The molecule has 1 aromatic rings. The largest absolute Gasteiger partial charge is 0.444 e. The molecule has 29 heavy (non-hydrogen) atoms. The predicted molar refractivity (Wildman–Crippen MR) is 108 cm³/mol. The van der Waals surface area contributed by atoms with E-state index in [1.807, 2.05) is 30.3 Å². The van der Waals surface area contributed by atoms with Gasteiger partial charge in [-0.15, -0.1) is 0 Å². The average Bonchev–Trinajstić information content (AvgIpc) is 2.85. The zero-order valence-corrected chi connectivity index (χ0v) is 18.7. The molecule has 1 aromatic carbocycles. The van der Waals surface area contributed by atoms with E-state index in [0.29, 0.717) is 6.54 Å². The topological polar surface area (TPSA) is 91.4 Å². The molecule has 1 saturated heterocycles. The smallest absolute Gasteiger partial charge is 0.410 e. The molecule has 0 aliphatic carbocycles. The van der Waals surface area contributed by atoms with Crippen LogP contribution in [0.3, 0.4) is 0 Å². The van der Waals surface area contributed by atoms with E-state index >= 15 is 0 Å². The summed E-state index contributed by atoms with van der Waals surface area (Å²) in [7, 11) is -3.63. The number of hydrogen-bond acceptors (Lipinski definition) is 7. The monoisotopic (exact) mass is 429 g/mol. The number of hydrogen-bond donors (Lipinski definition) is 0. The molecule has 1 aliphatic heterocycles. The van der Waals surface area contributed by atoms with Crippen molar-refractivity contribution < 1.29 is 31.6 Å². The molecule has 164 valence electrons. The van der Waals surface area contributed by atoms with Crippen LogP contribution in [-0.4, -0.2) is 62.4 Å². The maximum absolute atomic E-state index is 12.8. The van der Waals surface area contributed by atoms with Gasteiger partial charge in [-0.2, -0.15) is 8.42 Å². The van der Waals surface area contributed by atoms with Crippen LogP contribution in [0.25, 0.3) is 0 Å². The Morgan fingerprint density at radius 2 is 1.72 bits per heavy atom. The minimum atomic E-state index is -3.63. The van der Waals surface area contributed by atoms with Gasteiger partial charge < -0.3 is 19.1 Å². The van der Waals surface area contributed by atoms with E-state index in [2.05, 4.69) is 0 Å². The molecule has 0 saturated carbocycles. The van der Waals surface area contributed by atoms with Crippen LogP contribution in [0.2, 0.25) is 0 Å². The lowest BCUT2D eigenvalue weighted by Gasteiger charge is -2.30. The minimum Gasteiger partial charge on any atom is -0.444 e. The molecule has 0 bridgehead atoms. The third-order valence-corrected chi connectivity index (χ3v) is 4.56. The van der Waals surface area contributed by atoms with E-state index in [1.165, 1.54) is 4.90 Å². The highest BCUT2D eigenvalue weighted by Crippen LogP contribution is 2.30. The lowest BCUT2D eigenvalue weighted by molar-refractivity contribution is -0.149. The van der Waals surface area contributed by atoms with Gasteiger partial charge in [0.25, 0.3) is 10.1 Å². The molecule has 1 amide bonds. The van der Waals surface area contributed by atoms with E-state index in [0.717, 1.165) is 11.8 Å². The highest BCUT2D eigenvalue weighted by atomic mass is 32.2. The first-order chi connectivity index (χ1) is 13.2. The number of ether oxygens (including phenoxy) is 3. The molecular weight excluding hydrogens is 398 g/mol. The van der Waals surface area contributed by atoms with Gasteiger partial charge in [0, 0.05) is 6.54 Å². The summed E-state index contributed by atoms with van der Waals surface area (Å²) in [5.41, 5.74) is 0.275. The summed E-state index contributed by atoms with van der Waals surface area (Å²) in [6, 6.07) is 9.51. The van der Waals surface area contributed by atoms with Crippen molar-refractivity contribution in [1.82, 2.24) is 4.90 Å². The highest BCUT2D eigenvalue weighted by molar-refractivity contribution is 7.85. The van der Waals surface area contributed by atoms with Crippen LogP contribution >= 0.6 is 0 Å². The third kappa shape index (κ3) is 8.30. The molecular formula is C20H31NO7S. The molecule has 1 aliphatic rings. The fourth-order valence-corrected chi connectivity index (χ4v) is 3.33. The quantitative estimate of drug-likeness (QED) is 0.616. The second kappa shape index (κ2) is 8.99. The van der Waals surface area contributed by atoms with E-state index in [9.17, 15) is 13.2 Å². The van der Waals surface area contributed by atoms with Crippen molar-refractivity contribution in [2.45, 2.75) is 64.8 Å². The first-order valence-electron chi connectivity index (χ1n) is 9.46. The normalized spacial score (nSPS) is 21.7. The van der Waals surface area contributed by atoms with Crippen molar-refractivity contribution in [3.63, 3.8) is 0 Å². The van der Waals surface area contributed by atoms with Crippen LogP contribution in [0.15, 0.2) is 30.3 Å². The molecule has 2 rings (SSSR count). The summed E-state index contributed by atoms with van der Waals surface area (Å²) in [4.78, 5) is 14.3. The number of benzene rings is 1. The van der Waals surface area contributed by atoms with E-state index in [-0.39, 0.29) is 13.2 Å². The molecule has 1 heterocycles. The average molecular weight is 430 g/mol. The Kier molecular flexibility index (Phi) is 7.32. The molecule has 0 radical (unpaired) electrons. The summed E-state index contributed by atoms with van der Waals surface area (Å²) in [5, 5.41) is 0. The first-order valence-corrected chi connectivity index (χ1v) is 11.3. The van der Waals surface area contributed by atoms with E-state index in [4.69, 9.17) is 18.4 Å². The van der Waals surface area contributed by atoms with Crippen LogP contribution in [-0.2, 0) is 35.1 Å². The van der Waals surface area contributed by atoms with Gasteiger partial charge >= 0.3 is 6.09 Å². The van der Waals surface area contributed by atoms with Crippen LogP contribution in [0.1, 0.15) is 40.2 Å². The Balaban J connectivity index is 2.18. The van der Waals surface area contributed by atoms with Gasteiger partial charge in [-0.3, -0.25) is 4.18 Å². The fraction of sp³-hybridized carbons (Fsp3) is 0.650. The van der Waals surface area contributed by atoms with Gasteiger partial charge in [0.2, 0.25) is 0 Å². The highest BCUT2D eigenvalue weighted by Gasteiger charge is 2.43. The fourth-order valence-electron chi connectivity index (χ4n) is 2.95. The van der Waals surface area contributed by atoms with Crippen molar-refractivity contribution in [2.75, 3.05) is 19.4 Å². The minimum absolute atomic E-state index is 0.158. The molecule has 0 unspecified atom stereocenters. The van der Waals surface area contributed by atoms with E-state index < -0.39 is 39.8 Å². The SMILES string of the molecule is CC(C)(C)OC(=O)N(Cc1ccccc1)C[C@@H]1OC(C)(C)O[C@@H]1COS(C)(=O)=O. The predicted octanol–water partition coefficient (Wildman–Crippen LogP) is 2.92. The van der Waals surface area contributed by atoms with Crippen molar-refractivity contribution in [2.24, 2.45) is 0 Å². The summed E-state index contributed by atoms with van der Waals surface area (Å²) in [5.74, 6) is -0.928. The summed E-state index contributed by atoms with van der Waals surface area (Å²) < 4.78 is 44.9. The Bertz CT molecular complexity index is 787. The Hall–Kier alpha value is -1.68. The van der Waals surface area contributed by atoms with Crippen molar-refractivity contribution in [3.8, 4) is 0 Å². The molecule has 2 atom stereocenters. The second-order valence-electron chi connectivity index (χ2n) is 8.55. The molecule has 1 fully saturated rings. The van der Waals surface area contributed by atoms with Crippen LogP contribution in [0.4, 0.5) is 4.79 Å². The number of amides is 1. The van der Waals surface area contributed by atoms with E-state index in [1.54, 1.807) is 34.6 Å². The van der Waals surface area contributed by atoms with Gasteiger partial charge in [-0.1, -0.05) is 30.3 Å². The van der Waals surface area contributed by atoms with Crippen LogP contribution in [0.5, 0.6) is 0 Å². The maximum atomic E-state index is 12.8. The second-order valence-corrected chi connectivity index (χ2v) is 10.2. The zero-order valence-electron chi connectivity index (χ0n) is 17.9. The van der Waals surface area contributed by atoms with Gasteiger partial charge in [-0.25, -0.2) is 4.79 Å². The van der Waals surface area contributed by atoms with Crippen LogP contribution < -0.4 is 0 Å². The van der Waals surface area contributed by atoms with Gasteiger partial charge in [0.1, 0.15) is 17.8 Å². The summed E-state index contributed by atoms with van der Waals surface area (Å²) in [6.45, 7) is 9.14. The molecule has 9 heteroatoms. The molecule has 8 nitrogen and oxygen atoms in total. The number of carbonyl (C=O) groups is 1.